The van der Waals surface area contributed by atoms with Crippen molar-refractivity contribution in [3.05, 3.63) is 59.5 Å². The molecule has 162 valence electrons. The molecule has 9 nitrogen and oxygen atoms in total. The molecule has 0 aliphatic carbocycles. The highest BCUT2D eigenvalue weighted by molar-refractivity contribution is 7.92. The van der Waals surface area contributed by atoms with Crippen molar-refractivity contribution < 1.29 is 27.2 Å². The Balaban J connectivity index is 1.44. The van der Waals surface area contributed by atoms with Crippen LogP contribution in [0, 0.1) is 0 Å². The summed E-state index contributed by atoms with van der Waals surface area (Å²) >= 11 is 0. The van der Waals surface area contributed by atoms with E-state index in [0.717, 1.165) is 5.56 Å². The monoisotopic (exact) mass is 443 g/mol. The number of carbonyl (C=O) groups excluding carboxylic acids is 1. The fourth-order valence-electron chi connectivity index (χ4n) is 3.64. The third-order valence-electron chi connectivity index (χ3n) is 4.95. The van der Waals surface area contributed by atoms with Crippen LogP contribution in [0.25, 0.3) is 11.4 Å². The Bertz CT molecular complexity index is 1240. The number of ether oxygens (including phenoxy) is 2. The standard InChI is InChI=1S/C21H21N3O6S/c1-13-9-16-10-15(7-8-18(16)24(13)31(3,26)27)21(25)29-12-19-22-20(23-30-19)14-5-4-6-17(11-14)28-2/h4-8,10-11,13H,9,12H2,1-3H3. The van der Waals surface area contributed by atoms with Crippen LogP contribution in [0.5, 0.6) is 5.75 Å². The lowest BCUT2D eigenvalue weighted by molar-refractivity contribution is 0.0429. The quantitative estimate of drug-likeness (QED) is 0.535. The highest BCUT2D eigenvalue weighted by Gasteiger charge is 2.33. The second-order valence-corrected chi connectivity index (χ2v) is 9.13. The summed E-state index contributed by atoms with van der Waals surface area (Å²) in [6.45, 7) is 1.65. The minimum absolute atomic E-state index is 0.157. The molecule has 1 aliphatic heterocycles. The van der Waals surface area contributed by atoms with Gasteiger partial charge in [-0.1, -0.05) is 17.3 Å². The molecular weight excluding hydrogens is 422 g/mol. The van der Waals surface area contributed by atoms with Gasteiger partial charge in [0.15, 0.2) is 6.61 Å². The molecule has 0 saturated heterocycles. The van der Waals surface area contributed by atoms with E-state index in [9.17, 15) is 13.2 Å². The maximum atomic E-state index is 12.5. The van der Waals surface area contributed by atoms with Crippen molar-refractivity contribution in [2.24, 2.45) is 0 Å². The van der Waals surface area contributed by atoms with Gasteiger partial charge in [-0.05, 0) is 49.2 Å². The van der Waals surface area contributed by atoms with E-state index in [-0.39, 0.29) is 18.5 Å². The van der Waals surface area contributed by atoms with E-state index in [4.69, 9.17) is 14.0 Å². The molecule has 0 radical (unpaired) electrons. The van der Waals surface area contributed by atoms with E-state index >= 15 is 0 Å². The van der Waals surface area contributed by atoms with Gasteiger partial charge < -0.3 is 14.0 Å². The Morgan fingerprint density at radius 2 is 2.06 bits per heavy atom. The Hall–Kier alpha value is -3.40. The number of aromatic nitrogens is 2. The highest BCUT2D eigenvalue weighted by Crippen LogP contribution is 2.34. The first kappa shape index (κ1) is 20.9. The largest absolute Gasteiger partial charge is 0.497 e. The zero-order valence-electron chi connectivity index (χ0n) is 17.2. The molecule has 2 heterocycles. The average Bonchev–Trinajstić information content (AvgIpc) is 3.34. The molecule has 3 aromatic rings. The zero-order chi connectivity index (χ0) is 22.2. The number of benzene rings is 2. The fraction of sp³-hybridized carbons (Fsp3) is 0.286. The van der Waals surface area contributed by atoms with Crippen molar-refractivity contribution in [1.82, 2.24) is 10.1 Å². The van der Waals surface area contributed by atoms with Crippen molar-refractivity contribution in [2.45, 2.75) is 26.0 Å². The number of sulfonamides is 1. The molecule has 31 heavy (non-hydrogen) atoms. The lowest BCUT2D eigenvalue weighted by Crippen LogP contribution is -2.34. The molecule has 1 atom stereocenters. The summed E-state index contributed by atoms with van der Waals surface area (Å²) in [5.74, 6) is 0.617. The summed E-state index contributed by atoms with van der Waals surface area (Å²) in [6, 6.07) is 11.8. The summed E-state index contributed by atoms with van der Waals surface area (Å²) < 4.78 is 41.1. The second-order valence-electron chi connectivity index (χ2n) is 7.28. The topological polar surface area (TPSA) is 112 Å². The summed E-state index contributed by atoms with van der Waals surface area (Å²) in [7, 11) is -1.82. The number of carbonyl (C=O) groups is 1. The van der Waals surface area contributed by atoms with Gasteiger partial charge in [-0.3, -0.25) is 4.31 Å². The molecule has 1 aromatic heterocycles. The van der Waals surface area contributed by atoms with Gasteiger partial charge in [0.05, 0.1) is 24.6 Å². The SMILES string of the molecule is COc1cccc(-c2noc(COC(=O)c3ccc4c(c3)CC(C)N4S(C)(=O)=O)n2)c1. The Kier molecular flexibility index (Phi) is 5.40. The van der Waals surface area contributed by atoms with E-state index in [1.54, 1.807) is 37.4 Å². The van der Waals surface area contributed by atoms with Crippen LogP contribution in [0.4, 0.5) is 5.69 Å². The molecule has 1 aliphatic rings. The summed E-state index contributed by atoms with van der Waals surface area (Å²) in [6.07, 6.45) is 1.70. The van der Waals surface area contributed by atoms with Crippen molar-refractivity contribution in [3.63, 3.8) is 0 Å². The molecule has 4 rings (SSSR count). The first-order valence-electron chi connectivity index (χ1n) is 9.52. The van der Waals surface area contributed by atoms with Crippen LogP contribution in [0.2, 0.25) is 0 Å². The second kappa shape index (κ2) is 8.03. The van der Waals surface area contributed by atoms with Crippen LogP contribution < -0.4 is 9.04 Å². The molecule has 0 saturated carbocycles. The average molecular weight is 443 g/mol. The molecule has 0 N–H and O–H groups in total. The van der Waals surface area contributed by atoms with Gasteiger partial charge in [-0.15, -0.1) is 0 Å². The van der Waals surface area contributed by atoms with E-state index in [1.807, 2.05) is 19.1 Å². The zero-order valence-corrected chi connectivity index (χ0v) is 18.0. The number of hydrogen-bond donors (Lipinski definition) is 0. The Morgan fingerprint density at radius 1 is 1.26 bits per heavy atom. The fourth-order valence-corrected chi connectivity index (χ4v) is 4.90. The summed E-state index contributed by atoms with van der Waals surface area (Å²) in [4.78, 5) is 16.7. The third kappa shape index (κ3) is 4.24. The lowest BCUT2D eigenvalue weighted by atomic mass is 10.1. The van der Waals surface area contributed by atoms with Gasteiger partial charge in [0, 0.05) is 11.6 Å². The minimum atomic E-state index is -3.39. The number of anilines is 1. The molecule has 1 unspecified atom stereocenters. The Labute approximate surface area is 179 Å². The van der Waals surface area contributed by atoms with Crippen LogP contribution in [0.3, 0.4) is 0 Å². The van der Waals surface area contributed by atoms with Crippen LogP contribution in [-0.4, -0.2) is 43.9 Å². The van der Waals surface area contributed by atoms with Crippen LogP contribution in [0.1, 0.15) is 28.7 Å². The lowest BCUT2D eigenvalue weighted by Gasteiger charge is -2.21. The maximum Gasteiger partial charge on any atom is 0.338 e. The molecule has 10 heteroatoms. The van der Waals surface area contributed by atoms with Crippen molar-refractivity contribution in [2.75, 3.05) is 17.7 Å². The highest BCUT2D eigenvalue weighted by atomic mass is 32.2. The van der Waals surface area contributed by atoms with Crippen molar-refractivity contribution >= 4 is 21.7 Å². The van der Waals surface area contributed by atoms with E-state index < -0.39 is 16.0 Å². The predicted molar refractivity (Wildman–Crippen MR) is 112 cm³/mol. The molecular formula is C21H21N3O6S. The van der Waals surface area contributed by atoms with Crippen LogP contribution in [0.15, 0.2) is 47.0 Å². The summed E-state index contributed by atoms with van der Waals surface area (Å²) in [5.41, 5.74) is 2.41. The van der Waals surface area contributed by atoms with E-state index in [2.05, 4.69) is 10.1 Å². The molecule has 0 spiro atoms. The Morgan fingerprint density at radius 3 is 2.81 bits per heavy atom. The first-order valence-corrected chi connectivity index (χ1v) is 11.4. The normalized spacial score (nSPS) is 15.6. The minimum Gasteiger partial charge on any atom is -0.497 e. The van der Waals surface area contributed by atoms with Crippen LogP contribution >= 0.6 is 0 Å². The van der Waals surface area contributed by atoms with Gasteiger partial charge in [0.1, 0.15) is 5.75 Å². The number of methoxy groups -OCH3 is 1. The van der Waals surface area contributed by atoms with E-state index in [1.165, 1.54) is 10.6 Å². The number of esters is 1. The number of rotatable bonds is 6. The molecule has 0 fully saturated rings. The number of hydrogen-bond acceptors (Lipinski definition) is 8. The third-order valence-corrected chi connectivity index (χ3v) is 6.22. The van der Waals surface area contributed by atoms with Crippen molar-refractivity contribution in [1.29, 1.82) is 0 Å². The van der Waals surface area contributed by atoms with E-state index in [0.29, 0.717) is 34.8 Å². The summed E-state index contributed by atoms with van der Waals surface area (Å²) in [5, 5.41) is 3.90. The predicted octanol–water partition coefficient (Wildman–Crippen LogP) is 2.81. The molecule has 0 amide bonds. The van der Waals surface area contributed by atoms with Gasteiger partial charge in [0.2, 0.25) is 15.8 Å². The number of fused-ring (bicyclic) bond motifs is 1. The smallest absolute Gasteiger partial charge is 0.338 e. The van der Waals surface area contributed by atoms with Gasteiger partial charge in [-0.2, -0.15) is 4.98 Å². The molecule has 2 aromatic carbocycles. The van der Waals surface area contributed by atoms with Crippen molar-refractivity contribution in [3.8, 4) is 17.1 Å². The maximum absolute atomic E-state index is 12.5. The number of nitrogens with zero attached hydrogens (tertiary/aromatic N) is 3. The first-order chi connectivity index (χ1) is 14.8. The van der Waals surface area contributed by atoms with Gasteiger partial charge in [-0.25, -0.2) is 13.2 Å². The van der Waals surface area contributed by atoms with Gasteiger partial charge in [0.25, 0.3) is 5.89 Å². The molecule has 0 bridgehead atoms. The van der Waals surface area contributed by atoms with Gasteiger partial charge >= 0.3 is 5.97 Å². The van der Waals surface area contributed by atoms with Crippen LogP contribution in [-0.2, 0) is 27.8 Å².